The molecule has 2 saturated heterocycles. The summed E-state index contributed by atoms with van der Waals surface area (Å²) in [6.45, 7) is 1.38. The maximum Gasteiger partial charge on any atom is 0.346 e. The summed E-state index contributed by atoms with van der Waals surface area (Å²) in [7, 11) is 0. The summed E-state index contributed by atoms with van der Waals surface area (Å²) in [4.78, 5) is 56.8. The van der Waals surface area contributed by atoms with E-state index < -0.39 is 40.3 Å². The molecule has 0 bridgehead atoms. The normalized spacial score (nSPS) is 25.8. The molecule has 10 nitrogen and oxygen atoms in total. The summed E-state index contributed by atoms with van der Waals surface area (Å²) in [6.07, 6.45) is 0.109. The van der Waals surface area contributed by atoms with Crippen molar-refractivity contribution in [3.8, 4) is 0 Å². The number of carbonyl (C=O) groups is 3. The largest absolute Gasteiger partial charge is 0.479 e. The van der Waals surface area contributed by atoms with Crippen LogP contribution in [-0.2, 0) is 30.6 Å². The number of hydrogen-bond acceptors (Lipinski definition) is 8. The standard InChI is InChI=1S/C17H16N2O8S/c1-17(12-7-11(28)14(15(21)22)18(12)16(17)23)8-26-27-13(20)6-9-2-4-10(5-3-9)19(24)25/h2-5,12,14H,6-8H2,1H3,(H,21,22). The number of nitro benzene ring substituents is 1. The first-order valence-electron chi connectivity index (χ1n) is 8.29. The second kappa shape index (κ2) is 7.24. The van der Waals surface area contributed by atoms with Crippen molar-refractivity contribution < 1.29 is 34.2 Å². The van der Waals surface area contributed by atoms with Crippen molar-refractivity contribution in [2.45, 2.75) is 31.8 Å². The Hall–Kier alpha value is -2.92. The van der Waals surface area contributed by atoms with Crippen molar-refractivity contribution in [3.05, 3.63) is 39.9 Å². The third-order valence-electron chi connectivity index (χ3n) is 5.01. The lowest BCUT2D eigenvalue weighted by atomic mass is 9.73. The molecule has 2 heterocycles. The van der Waals surface area contributed by atoms with E-state index in [2.05, 4.69) is 0 Å². The van der Waals surface area contributed by atoms with Gasteiger partial charge in [-0.1, -0.05) is 24.4 Å². The van der Waals surface area contributed by atoms with Gasteiger partial charge < -0.3 is 10.0 Å². The minimum Gasteiger partial charge on any atom is -0.479 e. The molecule has 3 unspecified atom stereocenters. The van der Waals surface area contributed by atoms with Crippen LogP contribution in [0.5, 0.6) is 0 Å². The van der Waals surface area contributed by atoms with E-state index in [1.807, 2.05) is 0 Å². The Bertz CT molecular complexity index is 870. The fourth-order valence-electron chi connectivity index (χ4n) is 3.46. The van der Waals surface area contributed by atoms with Gasteiger partial charge in [0.05, 0.1) is 22.8 Å². The van der Waals surface area contributed by atoms with Gasteiger partial charge in [0, 0.05) is 23.4 Å². The van der Waals surface area contributed by atoms with E-state index in [4.69, 9.17) is 22.0 Å². The second-order valence-electron chi connectivity index (χ2n) is 6.87. The molecule has 3 rings (SSSR count). The van der Waals surface area contributed by atoms with Gasteiger partial charge in [-0.25, -0.2) is 9.59 Å². The molecule has 2 aliphatic rings. The summed E-state index contributed by atoms with van der Waals surface area (Å²) < 4.78 is 0. The lowest BCUT2D eigenvalue weighted by Gasteiger charge is -2.51. The molecule has 0 saturated carbocycles. The molecule has 1 N–H and O–H groups in total. The number of nitrogens with zero attached hydrogens (tertiary/aromatic N) is 2. The number of amides is 1. The first-order valence-corrected chi connectivity index (χ1v) is 8.70. The Morgan fingerprint density at radius 3 is 2.61 bits per heavy atom. The summed E-state index contributed by atoms with van der Waals surface area (Å²) in [5.41, 5.74) is -0.618. The summed E-state index contributed by atoms with van der Waals surface area (Å²) in [6, 6.07) is 3.88. The quantitative estimate of drug-likeness (QED) is 0.231. The van der Waals surface area contributed by atoms with Crippen LogP contribution >= 0.6 is 12.2 Å². The number of benzene rings is 1. The lowest BCUT2D eigenvalue weighted by Crippen LogP contribution is -2.69. The van der Waals surface area contributed by atoms with Crippen molar-refractivity contribution in [2.24, 2.45) is 5.41 Å². The number of non-ortho nitro benzene ring substituents is 1. The smallest absolute Gasteiger partial charge is 0.346 e. The molecule has 1 amide bonds. The molecule has 0 radical (unpaired) electrons. The highest BCUT2D eigenvalue weighted by molar-refractivity contribution is 7.80. The molecule has 1 aromatic carbocycles. The van der Waals surface area contributed by atoms with Crippen molar-refractivity contribution >= 4 is 40.6 Å². The van der Waals surface area contributed by atoms with E-state index in [0.29, 0.717) is 5.56 Å². The van der Waals surface area contributed by atoms with Gasteiger partial charge in [0.15, 0.2) is 6.04 Å². The number of β-lactam (4-membered cyclic amide) rings is 1. The summed E-state index contributed by atoms with van der Waals surface area (Å²) in [5.74, 6) is -2.32. The molecule has 2 aliphatic heterocycles. The van der Waals surface area contributed by atoms with Crippen molar-refractivity contribution in [3.63, 3.8) is 0 Å². The number of hydrogen-bond donors (Lipinski definition) is 1. The average molecular weight is 408 g/mol. The SMILES string of the molecule is CC1(COOC(=O)Cc2ccc([N+](=O)[O-])cc2)C(=O)N2C(C(=O)O)C(=S)CC21. The van der Waals surface area contributed by atoms with Crippen LogP contribution in [0.3, 0.4) is 0 Å². The third-order valence-corrected chi connectivity index (χ3v) is 5.40. The molecule has 2 fully saturated rings. The van der Waals surface area contributed by atoms with E-state index in [1.54, 1.807) is 6.92 Å². The van der Waals surface area contributed by atoms with E-state index in [-0.39, 0.29) is 30.0 Å². The Kier molecular flexibility index (Phi) is 5.13. The van der Waals surface area contributed by atoms with Crippen molar-refractivity contribution in [1.82, 2.24) is 4.90 Å². The van der Waals surface area contributed by atoms with Crippen LogP contribution in [0, 0.1) is 15.5 Å². The fraction of sp³-hybridized carbons (Fsp3) is 0.412. The molecule has 0 aromatic heterocycles. The van der Waals surface area contributed by atoms with E-state index in [9.17, 15) is 29.6 Å². The average Bonchev–Trinajstić information content (AvgIpc) is 2.97. The molecule has 28 heavy (non-hydrogen) atoms. The summed E-state index contributed by atoms with van der Waals surface area (Å²) in [5, 5.41) is 19.8. The number of aliphatic carboxylic acids is 1. The molecule has 0 spiro atoms. The second-order valence-corrected chi connectivity index (χ2v) is 7.40. The van der Waals surface area contributed by atoms with Gasteiger partial charge in [-0.15, -0.1) is 0 Å². The molecular weight excluding hydrogens is 392 g/mol. The third kappa shape index (κ3) is 3.34. The number of fused-ring (bicyclic) bond motifs is 1. The number of carbonyl (C=O) groups excluding carboxylic acids is 2. The van der Waals surface area contributed by atoms with Crippen LogP contribution < -0.4 is 0 Å². The number of thiocarbonyl (C=S) groups is 1. The number of carboxylic acid groups (broad SMARTS) is 1. The Labute approximate surface area is 164 Å². The Balaban J connectivity index is 1.52. The molecule has 1 aromatic rings. The molecule has 0 aliphatic carbocycles. The van der Waals surface area contributed by atoms with Crippen LogP contribution in [0.1, 0.15) is 18.9 Å². The monoisotopic (exact) mass is 408 g/mol. The maximum atomic E-state index is 12.4. The predicted octanol–water partition coefficient (Wildman–Crippen LogP) is 1.06. The topological polar surface area (TPSA) is 136 Å². The minimum absolute atomic E-state index is 0.0940. The zero-order valence-electron chi connectivity index (χ0n) is 14.7. The van der Waals surface area contributed by atoms with E-state index in [1.165, 1.54) is 29.2 Å². The summed E-state index contributed by atoms with van der Waals surface area (Å²) >= 11 is 5.08. The highest BCUT2D eigenvalue weighted by atomic mass is 32.1. The molecule has 148 valence electrons. The van der Waals surface area contributed by atoms with Gasteiger partial charge in [0.25, 0.3) is 5.69 Å². The van der Waals surface area contributed by atoms with Crippen LogP contribution in [-0.4, -0.2) is 56.3 Å². The van der Waals surface area contributed by atoms with Crippen LogP contribution in [0.2, 0.25) is 0 Å². The molecule has 11 heteroatoms. The van der Waals surface area contributed by atoms with Crippen molar-refractivity contribution in [1.29, 1.82) is 0 Å². The Morgan fingerprint density at radius 2 is 2.04 bits per heavy atom. The van der Waals surface area contributed by atoms with Gasteiger partial charge in [0.1, 0.15) is 6.61 Å². The zero-order valence-corrected chi connectivity index (χ0v) is 15.5. The first-order chi connectivity index (χ1) is 13.1. The van der Waals surface area contributed by atoms with Gasteiger partial charge in [0.2, 0.25) is 5.91 Å². The van der Waals surface area contributed by atoms with Gasteiger partial charge in [-0.2, -0.15) is 4.89 Å². The molecular formula is C17H16N2O8S. The highest BCUT2D eigenvalue weighted by Crippen LogP contribution is 2.47. The van der Waals surface area contributed by atoms with E-state index >= 15 is 0 Å². The minimum atomic E-state index is -1.17. The van der Waals surface area contributed by atoms with Crippen LogP contribution in [0.4, 0.5) is 5.69 Å². The zero-order chi connectivity index (χ0) is 20.6. The number of carboxylic acids is 1. The predicted molar refractivity (Wildman–Crippen MR) is 96.2 cm³/mol. The lowest BCUT2D eigenvalue weighted by molar-refractivity contribution is -0.384. The van der Waals surface area contributed by atoms with Gasteiger partial charge in [-0.3, -0.25) is 19.8 Å². The Morgan fingerprint density at radius 1 is 1.39 bits per heavy atom. The fourth-order valence-corrected chi connectivity index (χ4v) is 3.83. The van der Waals surface area contributed by atoms with Gasteiger partial charge >= 0.3 is 11.9 Å². The first kappa shape index (κ1) is 19.8. The number of rotatable bonds is 7. The van der Waals surface area contributed by atoms with Gasteiger partial charge in [-0.05, 0) is 12.5 Å². The van der Waals surface area contributed by atoms with Crippen LogP contribution in [0.25, 0.3) is 0 Å². The number of nitro groups is 1. The van der Waals surface area contributed by atoms with E-state index in [0.717, 1.165) is 0 Å². The highest BCUT2D eigenvalue weighted by Gasteiger charge is 2.65. The van der Waals surface area contributed by atoms with Crippen molar-refractivity contribution in [2.75, 3.05) is 6.61 Å². The maximum absolute atomic E-state index is 12.4. The molecule has 3 atom stereocenters. The van der Waals surface area contributed by atoms with Crippen LogP contribution in [0.15, 0.2) is 24.3 Å².